The Kier molecular flexibility index (Phi) is 3.71. The molecule has 1 N–H and O–H groups in total. The number of H-pyrrole nitrogens is 1. The van der Waals surface area contributed by atoms with Crippen molar-refractivity contribution in [3.8, 4) is 11.4 Å². The van der Waals surface area contributed by atoms with Gasteiger partial charge >= 0.3 is 0 Å². The number of hydrogen-bond donors (Lipinski definition) is 1. The summed E-state index contributed by atoms with van der Waals surface area (Å²) in [7, 11) is 0. The lowest BCUT2D eigenvalue weighted by Gasteiger charge is -2.16. The highest BCUT2D eigenvalue weighted by Gasteiger charge is 2.15. The highest BCUT2D eigenvalue weighted by atomic mass is 32.1. The van der Waals surface area contributed by atoms with Crippen molar-refractivity contribution in [3.63, 3.8) is 0 Å². The Morgan fingerprint density at radius 1 is 1.05 bits per heavy atom. The third-order valence-corrected chi connectivity index (χ3v) is 3.97. The third kappa shape index (κ3) is 2.67. The van der Waals surface area contributed by atoms with Crippen molar-refractivity contribution in [1.29, 1.82) is 0 Å². The van der Waals surface area contributed by atoms with E-state index < -0.39 is 0 Å². The van der Waals surface area contributed by atoms with Gasteiger partial charge in [0.2, 0.25) is 0 Å². The molecule has 106 valence electrons. The molecule has 0 radical (unpaired) electrons. The van der Waals surface area contributed by atoms with Gasteiger partial charge < -0.3 is 0 Å². The Balaban J connectivity index is 2.08. The molecule has 3 nitrogen and oxygen atoms in total. The number of benzene rings is 2. The Morgan fingerprint density at radius 2 is 1.71 bits per heavy atom. The van der Waals surface area contributed by atoms with Crippen LogP contribution in [-0.2, 0) is 0 Å². The summed E-state index contributed by atoms with van der Waals surface area (Å²) in [5, 5.41) is 7.31. The van der Waals surface area contributed by atoms with Crippen LogP contribution in [-0.4, -0.2) is 14.8 Å². The summed E-state index contributed by atoms with van der Waals surface area (Å²) < 4.78 is 2.71. The summed E-state index contributed by atoms with van der Waals surface area (Å²) in [6, 6.07) is 18.8. The molecule has 1 atom stereocenters. The highest BCUT2D eigenvalue weighted by Crippen LogP contribution is 2.25. The zero-order chi connectivity index (χ0) is 14.8. The topological polar surface area (TPSA) is 33.6 Å². The van der Waals surface area contributed by atoms with E-state index >= 15 is 0 Å². The monoisotopic (exact) mass is 295 g/mol. The lowest BCUT2D eigenvalue weighted by Crippen LogP contribution is -2.08. The standard InChI is InChI=1S/C17H17N3S/c1-12-8-10-14(11-9-12)13(2)20-16(18-19-17(20)21)15-6-4-3-5-7-15/h3-11,13H,1-2H3,(H,19,21). The summed E-state index contributed by atoms with van der Waals surface area (Å²) in [6.07, 6.45) is 0. The fraction of sp³-hybridized carbons (Fsp3) is 0.176. The van der Waals surface area contributed by atoms with E-state index in [2.05, 4.69) is 52.9 Å². The molecule has 2 aromatic carbocycles. The van der Waals surface area contributed by atoms with E-state index in [0.29, 0.717) is 4.77 Å². The van der Waals surface area contributed by atoms with Crippen molar-refractivity contribution in [1.82, 2.24) is 14.8 Å². The van der Waals surface area contributed by atoms with Crippen LogP contribution in [0.15, 0.2) is 54.6 Å². The molecule has 0 saturated carbocycles. The van der Waals surface area contributed by atoms with Gasteiger partial charge in [-0.3, -0.25) is 9.67 Å². The van der Waals surface area contributed by atoms with Crippen LogP contribution >= 0.6 is 12.2 Å². The minimum Gasteiger partial charge on any atom is -0.293 e. The van der Waals surface area contributed by atoms with Gasteiger partial charge in [-0.2, -0.15) is 5.10 Å². The Morgan fingerprint density at radius 3 is 2.38 bits per heavy atom. The van der Waals surface area contributed by atoms with E-state index in [1.54, 1.807) is 0 Å². The van der Waals surface area contributed by atoms with Crippen molar-refractivity contribution < 1.29 is 0 Å². The second kappa shape index (κ2) is 5.66. The zero-order valence-electron chi connectivity index (χ0n) is 12.1. The molecule has 1 aromatic heterocycles. The van der Waals surface area contributed by atoms with E-state index in [-0.39, 0.29) is 6.04 Å². The smallest absolute Gasteiger partial charge is 0.196 e. The van der Waals surface area contributed by atoms with E-state index in [1.165, 1.54) is 11.1 Å². The molecule has 21 heavy (non-hydrogen) atoms. The van der Waals surface area contributed by atoms with Gasteiger partial charge in [0.15, 0.2) is 10.6 Å². The second-order valence-electron chi connectivity index (χ2n) is 5.18. The molecule has 3 aromatic rings. The number of aromatic amines is 1. The molecule has 4 heteroatoms. The van der Waals surface area contributed by atoms with Gasteiger partial charge in [-0.25, -0.2) is 0 Å². The SMILES string of the molecule is Cc1ccc(C(C)n2c(-c3ccccc3)n[nH]c2=S)cc1. The molecule has 3 rings (SSSR count). The first kappa shape index (κ1) is 13.8. The number of nitrogens with zero attached hydrogens (tertiary/aromatic N) is 2. The largest absolute Gasteiger partial charge is 0.293 e. The molecule has 0 aliphatic carbocycles. The molecule has 0 fully saturated rings. The molecule has 1 heterocycles. The van der Waals surface area contributed by atoms with Gasteiger partial charge in [0.05, 0.1) is 6.04 Å². The number of hydrogen-bond acceptors (Lipinski definition) is 2. The van der Waals surface area contributed by atoms with Gasteiger partial charge in [0.25, 0.3) is 0 Å². The van der Waals surface area contributed by atoms with E-state index in [0.717, 1.165) is 11.4 Å². The Labute approximate surface area is 129 Å². The number of aromatic nitrogens is 3. The van der Waals surface area contributed by atoms with Crippen LogP contribution in [0.5, 0.6) is 0 Å². The molecule has 0 aliphatic rings. The fourth-order valence-corrected chi connectivity index (χ4v) is 2.74. The summed E-state index contributed by atoms with van der Waals surface area (Å²) >= 11 is 5.42. The summed E-state index contributed by atoms with van der Waals surface area (Å²) in [6.45, 7) is 4.23. The van der Waals surface area contributed by atoms with E-state index in [4.69, 9.17) is 12.2 Å². The van der Waals surface area contributed by atoms with Crippen LogP contribution in [0.3, 0.4) is 0 Å². The van der Waals surface area contributed by atoms with Gasteiger partial charge in [-0.1, -0.05) is 60.2 Å². The van der Waals surface area contributed by atoms with E-state index in [1.807, 2.05) is 30.3 Å². The Hall–Kier alpha value is -2.20. The summed E-state index contributed by atoms with van der Waals surface area (Å²) in [5.74, 6) is 0.869. The van der Waals surface area contributed by atoms with Crippen LogP contribution in [0.4, 0.5) is 0 Å². The van der Waals surface area contributed by atoms with Gasteiger partial charge in [0, 0.05) is 5.56 Å². The van der Waals surface area contributed by atoms with Crippen LogP contribution in [0.2, 0.25) is 0 Å². The third-order valence-electron chi connectivity index (χ3n) is 3.68. The lowest BCUT2D eigenvalue weighted by molar-refractivity contribution is 0.635. The second-order valence-corrected chi connectivity index (χ2v) is 5.56. The fourth-order valence-electron chi connectivity index (χ4n) is 2.45. The molecular formula is C17H17N3S. The maximum absolute atomic E-state index is 5.42. The molecule has 0 amide bonds. The molecule has 0 spiro atoms. The first-order chi connectivity index (χ1) is 10.2. The molecule has 0 aliphatic heterocycles. The van der Waals surface area contributed by atoms with Crippen LogP contribution in [0, 0.1) is 11.7 Å². The maximum atomic E-state index is 5.42. The number of nitrogens with one attached hydrogen (secondary N) is 1. The number of aryl methyl sites for hydroxylation is 1. The molecule has 0 saturated heterocycles. The molecule has 1 unspecified atom stereocenters. The van der Waals surface area contributed by atoms with Crippen molar-refractivity contribution in [3.05, 3.63) is 70.5 Å². The first-order valence-corrected chi connectivity index (χ1v) is 7.36. The van der Waals surface area contributed by atoms with Crippen LogP contribution < -0.4 is 0 Å². The highest BCUT2D eigenvalue weighted by molar-refractivity contribution is 7.71. The van der Waals surface area contributed by atoms with Gasteiger partial charge in [0.1, 0.15) is 0 Å². The molecule has 0 bridgehead atoms. The summed E-state index contributed by atoms with van der Waals surface area (Å²) in [5.41, 5.74) is 3.53. The van der Waals surface area contributed by atoms with Crippen molar-refractivity contribution in [2.24, 2.45) is 0 Å². The van der Waals surface area contributed by atoms with Crippen molar-refractivity contribution >= 4 is 12.2 Å². The normalized spacial score (nSPS) is 12.3. The van der Waals surface area contributed by atoms with E-state index in [9.17, 15) is 0 Å². The quantitative estimate of drug-likeness (QED) is 0.720. The van der Waals surface area contributed by atoms with Crippen LogP contribution in [0.25, 0.3) is 11.4 Å². The predicted octanol–water partition coefficient (Wildman–Crippen LogP) is 4.53. The number of rotatable bonds is 3. The van der Waals surface area contributed by atoms with Gasteiger partial charge in [-0.05, 0) is 31.6 Å². The predicted molar refractivity (Wildman–Crippen MR) is 87.8 cm³/mol. The average molecular weight is 295 g/mol. The van der Waals surface area contributed by atoms with Crippen LogP contribution in [0.1, 0.15) is 24.1 Å². The van der Waals surface area contributed by atoms with Gasteiger partial charge in [-0.15, -0.1) is 0 Å². The maximum Gasteiger partial charge on any atom is 0.196 e. The zero-order valence-corrected chi connectivity index (χ0v) is 12.9. The minimum atomic E-state index is 0.132. The van der Waals surface area contributed by atoms with Crippen molar-refractivity contribution in [2.75, 3.05) is 0 Å². The minimum absolute atomic E-state index is 0.132. The van der Waals surface area contributed by atoms with Crippen molar-refractivity contribution in [2.45, 2.75) is 19.9 Å². The first-order valence-electron chi connectivity index (χ1n) is 6.95. The average Bonchev–Trinajstić information content (AvgIpc) is 2.90. The summed E-state index contributed by atoms with van der Waals surface area (Å²) in [4.78, 5) is 0. The molecular weight excluding hydrogens is 278 g/mol. The Bertz CT molecular complexity index is 785. The lowest BCUT2D eigenvalue weighted by atomic mass is 10.1.